The van der Waals surface area contributed by atoms with Gasteiger partial charge in [0.2, 0.25) is 0 Å². The zero-order valence-corrected chi connectivity index (χ0v) is 12.2. The Morgan fingerprint density at radius 3 is 2.50 bits per heavy atom. The number of nitrogens with one attached hydrogen (secondary N) is 1. The van der Waals surface area contributed by atoms with Gasteiger partial charge in [0.15, 0.2) is 0 Å². The first-order chi connectivity index (χ1) is 9.40. The lowest BCUT2D eigenvalue weighted by Gasteiger charge is -2.26. The molecule has 112 valence electrons. The van der Waals surface area contributed by atoms with Crippen LogP contribution >= 0.6 is 0 Å². The molecule has 5 heteroatoms. The highest BCUT2D eigenvalue weighted by molar-refractivity contribution is 5.76. The normalized spacial score (nSPS) is 15.5. The topological polar surface area (TPSA) is 38.3 Å². The van der Waals surface area contributed by atoms with Crippen LogP contribution in [0.5, 0.6) is 0 Å². The molecule has 3 unspecified atom stereocenters. The molecule has 0 amide bonds. The second-order valence-corrected chi connectivity index (χ2v) is 4.94. The molecule has 0 aromatic heterocycles. The van der Waals surface area contributed by atoms with Crippen molar-refractivity contribution in [1.82, 2.24) is 5.32 Å². The molecule has 0 aliphatic carbocycles. The fourth-order valence-electron chi connectivity index (χ4n) is 2.04. The Balaban J connectivity index is 2.90. The van der Waals surface area contributed by atoms with E-state index in [9.17, 15) is 13.6 Å². The van der Waals surface area contributed by atoms with Crippen LogP contribution in [0, 0.1) is 17.6 Å². The van der Waals surface area contributed by atoms with Crippen LogP contribution in [-0.4, -0.2) is 19.1 Å². The predicted octanol–water partition coefficient (Wildman–Crippen LogP) is 3.20. The molecule has 3 nitrogen and oxygen atoms in total. The van der Waals surface area contributed by atoms with Crippen LogP contribution in [0.4, 0.5) is 8.78 Å². The third kappa shape index (κ3) is 4.00. The zero-order valence-electron chi connectivity index (χ0n) is 12.2. The number of benzene rings is 1. The monoisotopic (exact) mass is 285 g/mol. The Kier molecular flexibility index (Phi) is 6.07. The van der Waals surface area contributed by atoms with Crippen LogP contribution in [0.25, 0.3) is 0 Å². The lowest BCUT2D eigenvalue weighted by Crippen LogP contribution is -2.43. The zero-order chi connectivity index (χ0) is 15.3. The molecule has 1 aromatic rings. The molecular formula is C15H21F2NO2. The molecule has 0 radical (unpaired) electrons. The highest BCUT2D eigenvalue weighted by atomic mass is 19.1. The fraction of sp³-hybridized carbons (Fsp3) is 0.533. The van der Waals surface area contributed by atoms with Crippen LogP contribution in [0.3, 0.4) is 0 Å². The second-order valence-electron chi connectivity index (χ2n) is 4.94. The number of carbonyl (C=O) groups is 1. The first-order valence-electron chi connectivity index (χ1n) is 6.69. The van der Waals surface area contributed by atoms with Crippen molar-refractivity contribution in [3.63, 3.8) is 0 Å². The van der Waals surface area contributed by atoms with E-state index in [0.29, 0.717) is 5.56 Å². The van der Waals surface area contributed by atoms with Crippen molar-refractivity contribution >= 4 is 5.97 Å². The van der Waals surface area contributed by atoms with Crippen molar-refractivity contribution < 1.29 is 18.3 Å². The Labute approximate surface area is 118 Å². The van der Waals surface area contributed by atoms with Gasteiger partial charge in [-0.15, -0.1) is 0 Å². The van der Waals surface area contributed by atoms with E-state index in [-0.39, 0.29) is 11.9 Å². The molecule has 20 heavy (non-hydrogen) atoms. The van der Waals surface area contributed by atoms with Gasteiger partial charge in [0.1, 0.15) is 17.7 Å². The highest BCUT2D eigenvalue weighted by Gasteiger charge is 2.27. The van der Waals surface area contributed by atoms with Crippen molar-refractivity contribution in [1.29, 1.82) is 0 Å². The predicted molar refractivity (Wildman–Crippen MR) is 73.2 cm³/mol. The van der Waals surface area contributed by atoms with Gasteiger partial charge in [-0.3, -0.25) is 10.1 Å². The lowest BCUT2D eigenvalue weighted by atomic mass is 9.97. The number of halogens is 2. The smallest absolute Gasteiger partial charge is 0.323 e. The van der Waals surface area contributed by atoms with Gasteiger partial charge in [0.05, 0.1) is 7.11 Å². The standard InChI is InChI=1S/C15H21F2NO2/c1-5-9(2)14(15(19)20-4)18-10(3)12-7-6-11(16)8-13(12)17/h6-10,14,18H,5H2,1-4H3. The fourth-order valence-corrected chi connectivity index (χ4v) is 2.04. The summed E-state index contributed by atoms with van der Waals surface area (Å²) in [4.78, 5) is 11.8. The summed E-state index contributed by atoms with van der Waals surface area (Å²) < 4.78 is 31.4. The number of carbonyl (C=O) groups excluding carboxylic acids is 1. The maximum Gasteiger partial charge on any atom is 0.323 e. The van der Waals surface area contributed by atoms with Crippen molar-refractivity contribution in [3.8, 4) is 0 Å². The summed E-state index contributed by atoms with van der Waals surface area (Å²) in [6.07, 6.45) is 0.783. The number of methoxy groups -OCH3 is 1. The molecular weight excluding hydrogens is 264 g/mol. The summed E-state index contributed by atoms with van der Waals surface area (Å²) in [5.74, 6) is -1.58. The molecule has 3 atom stereocenters. The third-order valence-electron chi connectivity index (χ3n) is 3.53. The van der Waals surface area contributed by atoms with Gasteiger partial charge in [-0.2, -0.15) is 0 Å². The molecule has 0 saturated carbocycles. The molecule has 0 saturated heterocycles. The number of hydrogen-bond donors (Lipinski definition) is 1. The van der Waals surface area contributed by atoms with Gasteiger partial charge in [-0.1, -0.05) is 26.3 Å². The van der Waals surface area contributed by atoms with E-state index in [2.05, 4.69) is 5.32 Å². The SMILES string of the molecule is CCC(C)C(NC(C)c1ccc(F)cc1F)C(=O)OC. The van der Waals surface area contributed by atoms with Crippen LogP contribution < -0.4 is 5.32 Å². The van der Waals surface area contributed by atoms with E-state index in [1.165, 1.54) is 19.2 Å². The second kappa shape index (κ2) is 7.33. The van der Waals surface area contributed by atoms with E-state index in [4.69, 9.17) is 4.74 Å². The molecule has 0 aliphatic rings. The highest BCUT2D eigenvalue weighted by Crippen LogP contribution is 2.20. The Morgan fingerprint density at radius 2 is 2.00 bits per heavy atom. The number of hydrogen-bond acceptors (Lipinski definition) is 3. The van der Waals surface area contributed by atoms with Crippen molar-refractivity contribution in [2.75, 3.05) is 7.11 Å². The minimum atomic E-state index is -0.627. The molecule has 1 aromatic carbocycles. The van der Waals surface area contributed by atoms with Gasteiger partial charge >= 0.3 is 5.97 Å². The Morgan fingerprint density at radius 1 is 1.35 bits per heavy atom. The number of ether oxygens (including phenoxy) is 1. The van der Waals surface area contributed by atoms with Crippen molar-refractivity contribution in [3.05, 3.63) is 35.4 Å². The van der Waals surface area contributed by atoms with Crippen LogP contribution in [0.2, 0.25) is 0 Å². The minimum Gasteiger partial charge on any atom is -0.468 e. The van der Waals surface area contributed by atoms with Crippen LogP contribution in [-0.2, 0) is 9.53 Å². The number of rotatable bonds is 6. The Hall–Kier alpha value is -1.49. The first kappa shape index (κ1) is 16.6. The summed E-state index contributed by atoms with van der Waals surface area (Å²) >= 11 is 0. The summed E-state index contributed by atoms with van der Waals surface area (Å²) in [5.41, 5.74) is 0.323. The molecule has 1 N–H and O–H groups in total. The van der Waals surface area contributed by atoms with Gasteiger partial charge in [-0.05, 0) is 18.9 Å². The van der Waals surface area contributed by atoms with Crippen LogP contribution in [0.1, 0.15) is 38.8 Å². The van der Waals surface area contributed by atoms with E-state index < -0.39 is 23.7 Å². The quantitative estimate of drug-likeness (QED) is 0.816. The maximum atomic E-state index is 13.7. The molecule has 0 spiro atoms. The lowest BCUT2D eigenvalue weighted by molar-refractivity contribution is -0.144. The molecule has 1 rings (SSSR count). The van der Waals surface area contributed by atoms with Crippen molar-refractivity contribution in [2.45, 2.75) is 39.3 Å². The molecule has 0 aliphatic heterocycles. The number of esters is 1. The van der Waals surface area contributed by atoms with Gasteiger partial charge < -0.3 is 4.74 Å². The van der Waals surface area contributed by atoms with Crippen molar-refractivity contribution in [2.24, 2.45) is 5.92 Å². The summed E-state index contributed by atoms with van der Waals surface area (Å²) in [7, 11) is 1.32. The van der Waals surface area contributed by atoms with Gasteiger partial charge in [0, 0.05) is 17.7 Å². The Bertz CT molecular complexity index is 465. The van der Waals surface area contributed by atoms with Gasteiger partial charge in [0.25, 0.3) is 0 Å². The van der Waals surface area contributed by atoms with E-state index >= 15 is 0 Å². The summed E-state index contributed by atoms with van der Waals surface area (Å²) in [6, 6.07) is 2.47. The molecule has 0 bridgehead atoms. The average molecular weight is 285 g/mol. The summed E-state index contributed by atoms with van der Waals surface area (Å²) in [6.45, 7) is 5.61. The maximum absolute atomic E-state index is 13.7. The van der Waals surface area contributed by atoms with Crippen LogP contribution in [0.15, 0.2) is 18.2 Å². The van der Waals surface area contributed by atoms with E-state index in [0.717, 1.165) is 12.5 Å². The first-order valence-corrected chi connectivity index (χ1v) is 6.69. The molecule has 0 fully saturated rings. The molecule has 0 heterocycles. The van der Waals surface area contributed by atoms with E-state index in [1.807, 2.05) is 13.8 Å². The third-order valence-corrected chi connectivity index (χ3v) is 3.53. The van der Waals surface area contributed by atoms with E-state index in [1.54, 1.807) is 6.92 Å². The summed E-state index contributed by atoms with van der Waals surface area (Å²) in [5, 5.41) is 3.06. The van der Waals surface area contributed by atoms with Gasteiger partial charge in [-0.25, -0.2) is 8.78 Å². The minimum absolute atomic E-state index is 0.0495. The average Bonchev–Trinajstić information content (AvgIpc) is 2.42. The largest absolute Gasteiger partial charge is 0.468 e.